The molecule has 4 heteroatoms. The van der Waals surface area contributed by atoms with Crippen LogP contribution in [0.3, 0.4) is 0 Å². The highest BCUT2D eigenvalue weighted by molar-refractivity contribution is 9.11. The summed E-state index contributed by atoms with van der Waals surface area (Å²) in [5.74, 6) is -0.900. The molecule has 0 amide bonds. The molecule has 2 aromatic carbocycles. The van der Waals surface area contributed by atoms with Gasteiger partial charge in [-0.05, 0) is 41.8 Å². The van der Waals surface area contributed by atoms with Crippen LogP contribution in [-0.4, -0.2) is 11.1 Å². The van der Waals surface area contributed by atoms with E-state index in [1.165, 1.54) is 0 Å². The number of hydrogen-bond donors (Lipinski definition) is 1. The number of carbonyl (C=O) groups is 1. The number of carboxylic acid groups (broad SMARTS) is 1. The first-order valence-corrected chi connectivity index (χ1v) is 6.87. The largest absolute Gasteiger partial charge is 0.478 e. The second kappa shape index (κ2) is 5.24. The summed E-state index contributed by atoms with van der Waals surface area (Å²) in [6, 6.07) is 11.2. The number of rotatable bonds is 2. The highest BCUT2D eigenvalue weighted by atomic mass is 79.9. The molecule has 0 aliphatic carbocycles. The Bertz CT molecular complexity index is 621. The quantitative estimate of drug-likeness (QED) is 0.818. The molecule has 2 nitrogen and oxygen atoms in total. The summed E-state index contributed by atoms with van der Waals surface area (Å²) < 4.78 is 1.91. The van der Waals surface area contributed by atoms with Gasteiger partial charge in [0, 0.05) is 8.95 Å². The highest BCUT2D eigenvalue weighted by Gasteiger charge is 2.13. The molecule has 1 N–H and O–H groups in total. The van der Waals surface area contributed by atoms with Crippen molar-refractivity contribution < 1.29 is 9.90 Å². The molecular formula is C14H10Br2O2. The zero-order valence-electron chi connectivity index (χ0n) is 9.58. The van der Waals surface area contributed by atoms with E-state index in [1.54, 1.807) is 12.1 Å². The van der Waals surface area contributed by atoms with Gasteiger partial charge in [-0.25, -0.2) is 4.79 Å². The van der Waals surface area contributed by atoms with Crippen molar-refractivity contribution in [1.29, 1.82) is 0 Å². The molecule has 0 heterocycles. The van der Waals surface area contributed by atoms with E-state index in [-0.39, 0.29) is 0 Å². The second-order valence-corrected chi connectivity index (χ2v) is 5.68. The van der Waals surface area contributed by atoms with Crippen molar-refractivity contribution in [3.63, 3.8) is 0 Å². The lowest BCUT2D eigenvalue weighted by Crippen LogP contribution is -2.00. The Kier molecular flexibility index (Phi) is 3.88. The summed E-state index contributed by atoms with van der Waals surface area (Å²) in [4.78, 5) is 11.1. The van der Waals surface area contributed by atoms with E-state index in [4.69, 9.17) is 5.11 Å². The molecule has 0 aromatic heterocycles. The van der Waals surface area contributed by atoms with Crippen LogP contribution in [-0.2, 0) is 0 Å². The molecule has 2 rings (SSSR count). The van der Waals surface area contributed by atoms with Crippen molar-refractivity contribution in [2.45, 2.75) is 6.92 Å². The van der Waals surface area contributed by atoms with Gasteiger partial charge in [-0.1, -0.05) is 50.1 Å². The normalized spacial score (nSPS) is 10.4. The van der Waals surface area contributed by atoms with E-state index in [1.807, 2.05) is 31.2 Å². The fourth-order valence-corrected chi connectivity index (χ4v) is 3.13. The van der Waals surface area contributed by atoms with Crippen LogP contribution in [0.1, 0.15) is 15.9 Å². The third-order valence-electron chi connectivity index (χ3n) is 2.79. The molecule has 0 saturated heterocycles. The molecule has 0 aliphatic heterocycles. The maximum absolute atomic E-state index is 11.1. The zero-order valence-corrected chi connectivity index (χ0v) is 12.7. The summed E-state index contributed by atoms with van der Waals surface area (Å²) in [7, 11) is 0. The molecule has 0 atom stereocenters. The van der Waals surface area contributed by atoms with Crippen LogP contribution < -0.4 is 0 Å². The molecule has 92 valence electrons. The van der Waals surface area contributed by atoms with Gasteiger partial charge in [0.15, 0.2) is 0 Å². The molecule has 0 fully saturated rings. The Labute approximate surface area is 122 Å². The standard InChI is InChI=1S/C14H10Br2O2/c1-8-10(3-2-4-11(8)14(17)18)12-6-5-9(15)7-13(12)16/h2-7H,1H3,(H,17,18). The van der Waals surface area contributed by atoms with Crippen molar-refractivity contribution in [3.05, 3.63) is 56.5 Å². The molecule has 0 saturated carbocycles. The Morgan fingerprint density at radius 1 is 1.11 bits per heavy atom. The molecule has 0 radical (unpaired) electrons. The Morgan fingerprint density at radius 3 is 2.44 bits per heavy atom. The van der Waals surface area contributed by atoms with Gasteiger partial charge in [-0.2, -0.15) is 0 Å². The fourth-order valence-electron chi connectivity index (χ4n) is 1.87. The third kappa shape index (κ3) is 2.49. The van der Waals surface area contributed by atoms with Crippen LogP contribution in [0.5, 0.6) is 0 Å². The highest BCUT2D eigenvalue weighted by Crippen LogP contribution is 2.33. The predicted molar refractivity (Wildman–Crippen MR) is 79.0 cm³/mol. The molecule has 0 aliphatic rings. The topological polar surface area (TPSA) is 37.3 Å². The maximum Gasteiger partial charge on any atom is 0.335 e. The molecule has 0 bridgehead atoms. The van der Waals surface area contributed by atoms with Gasteiger partial charge in [-0.3, -0.25) is 0 Å². The predicted octanol–water partition coefficient (Wildman–Crippen LogP) is 4.89. The van der Waals surface area contributed by atoms with E-state index in [2.05, 4.69) is 31.9 Å². The number of halogens is 2. The first kappa shape index (κ1) is 13.3. The number of carboxylic acids is 1. The number of benzene rings is 2. The molecule has 0 spiro atoms. The first-order valence-electron chi connectivity index (χ1n) is 5.29. The lowest BCUT2D eigenvalue weighted by molar-refractivity contribution is 0.0696. The fraction of sp³-hybridized carbons (Fsp3) is 0.0714. The summed E-state index contributed by atoms with van der Waals surface area (Å²) in [5.41, 5.74) is 3.02. The van der Waals surface area contributed by atoms with Crippen molar-refractivity contribution in [3.8, 4) is 11.1 Å². The van der Waals surface area contributed by atoms with Gasteiger partial charge in [-0.15, -0.1) is 0 Å². The van der Waals surface area contributed by atoms with Gasteiger partial charge >= 0.3 is 5.97 Å². The molecular weight excluding hydrogens is 360 g/mol. The van der Waals surface area contributed by atoms with Crippen LogP contribution >= 0.6 is 31.9 Å². The van der Waals surface area contributed by atoms with E-state index in [9.17, 15) is 4.79 Å². The molecule has 2 aromatic rings. The van der Waals surface area contributed by atoms with Crippen LogP contribution in [0.4, 0.5) is 0 Å². The van der Waals surface area contributed by atoms with E-state index in [0.717, 1.165) is 25.6 Å². The lowest BCUT2D eigenvalue weighted by Gasteiger charge is -2.11. The van der Waals surface area contributed by atoms with Crippen molar-refractivity contribution in [2.24, 2.45) is 0 Å². The smallest absolute Gasteiger partial charge is 0.335 e. The monoisotopic (exact) mass is 368 g/mol. The SMILES string of the molecule is Cc1c(C(=O)O)cccc1-c1ccc(Br)cc1Br. The summed E-state index contributed by atoms with van der Waals surface area (Å²) in [6.45, 7) is 1.83. The minimum Gasteiger partial charge on any atom is -0.478 e. The molecule has 18 heavy (non-hydrogen) atoms. The van der Waals surface area contributed by atoms with Crippen LogP contribution in [0.15, 0.2) is 45.3 Å². The second-order valence-electron chi connectivity index (χ2n) is 3.91. The summed E-state index contributed by atoms with van der Waals surface area (Å²) in [6.07, 6.45) is 0. The van der Waals surface area contributed by atoms with Gasteiger partial charge in [0.25, 0.3) is 0 Å². The van der Waals surface area contributed by atoms with Crippen LogP contribution in [0, 0.1) is 6.92 Å². The van der Waals surface area contributed by atoms with E-state index in [0.29, 0.717) is 5.56 Å². The van der Waals surface area contributed by atoms with Crippen LogP contribution in [0.2, 0.25) is 0 Å². The number of aromatic carboxylic acids is 1. The first-order chi connectivity index (χ1) is 8.50. The summed E-state index contributed by atoms with van der Waals surface area (Å²) in [5, 5.41) is 9.13. The van der Waals surface area contributed by atoms with E-state index >= 15 is 0 Å². The minimum absolute atomic E-state index is 0.335. The average Bonchev–Trinajstić information content (AvgIpc) is 2.30. The van der Waals surface area contributed by atoms with E-state index < -0.39 is 5.97 Å². The Hall–Kier alpha value is -1.13. The maximum atomic E-state index is 11.1. The van der Waals surface area contributed by atoms with Gasteiger partial charge in [0.1, 0.15) is 0 Å². The average molecular weight is 370 g/mol. The van der Waals surface area contributed by atoms with Gasteiger partial charge in [0.05, 0.1) is 5.56 Å². The molecule has 0 unspecified atom stereocenters. The van der Waals surface area contributed by atoms with Gasteiger partial charge in [0.2, 0.25) is 0 Å². The Balaban J connectivity index is 2.64. The van der Waals surface area contributed by atoms with Crippen molar-refractivity contribution >= 4 is 37.8 Å². The van der Waals surface area contributed by atoms with Crippen molar-refractivity contribution in [1.82, 2.24) is 0 Å². The third-order valence-corrected chi connectivity index (χ3v) is 3.93. The Morgan fingerprint density at radius 2 is 1.83 bits per heavy atom. The summed E-state index contributed by atoms with van der Waals surface area (Å²) >= 11 is 6.90. The number of hydrogen-bond acceptors (Lipinski definition) is 1. The van der Waals surface area contributed by atoms with Crippen molar-refractivity contribution in [2.75, 3.05) is 0 Å². The van der Waals surface area contributed by atoms with Gasteiger partial charge < -0.3 is 5.11 Å². The minimum atomic E-state index is -0.900. The van der Waals surface area contributed by atoms with Crippen LogP contribution in [0.25, 0.3) is 11.1 Å². The zero-order chi connectivity index (χ0) is 13.3. The lowest BCUT2D eigenvalue weighted by atomic mass is 9.96.